The van der Waals surface area contributed by atoms with E-state index in [0.717, 1.165) is 24.2 Å². The Bertz CT molecular complexity index is 1430. The number of likely N-dealkylation sites (N-methyl/N-ethyl adjacent to an activating group) is 1. The molecule has 3 aromatic carbocycles. The predicted molar refractivity (Wildman–Crippen MR) is 163 cm³/mol. The summed E-state index contributed by atoms with van der Waals surface area (Å²) in [6.07, 6.45) is 0. The van der Waals surface area contributed by atoms with Gasteiger partial charge in [-0.25, -0.2) is 0 Å². The number of nitrogens with zero attached hydrogens (tertiary/aromatic N) is 2. The maximum absolute atomic E-state index is 13.5. The Morgan fingerprint density at radius 2 is 1.64 bits per heavy atom. The van der Waals surface area contributed by atoms with Crippen LogP contribution in [-0.2, 0) is 16.2 Å². The predicted octanol–water partition coefficient (Wildman–Crippen LogP) is 5.74. The van der Waals surface area contributed by atoms with Gasteiger partial charge < -0.3 is 29.1 Å². The summed E-state index contributed by atoms with van der Waals surface area (Å²) in [5.74, 6) is 0.0813. The lowest BCUT2D eigenvalue weighted by molar-refractivity contribution is -0.140. The largest absolute Gasteiger partial charge is 0.507 e. The van der Waals surface area contributed by atoms with E-state index in [9.17, 15) is 14.7 Å². The molecule has 1 fully saturated rings. The van der Waals surface area contributed by atoms with Gasteiger partial charge in [-0.05, 0) is 80.0 Å². The molecule has 0 saturated carbocycles. The van der Waals surface area contributed by atoms with Crippen molar-refractivity contribution in [2.45, 2.75) is 40.3 Å². The number of methoxy groups -OCH3 is 1. The molecule has 1 atom stereocenters. The van der Waals surface area contributed by atoms with Crippen LogP contribution in [0.3, 0.4) is 0 Å². The van der Waals surface area contributed by atoms with Crippen molar-refractivity contribution in [3.05, 3.63) is 94.6 Å². The number of likely N-dealkylation sites (tertiary alicyclic amines) is 1. The van der Waals surface area contributed by atoms with E-state index in [1.807, 2.05) is 44.2 Å². The Hall–Kier alpha value is -4.30. The molecular formula is C34H40N2O6. The Balaban J connectivity index is 1.70. The fourth-order valence-electron chi connectivity index (χ4n) is 5.17. The molecule has 1 aliphatic heterocycles. The highest BCUT2D eigenvalue weighted by Gasteiger charge is 2.46. The first kappa shape index (κ1) is 30.7. The number of Topliss-reactive ketones (excluding diaryl/α,β-unsaturated/α-hetero) is 1. The number of ether oxygens (including phenoxy) is 3. The van der Waals surface area contributed by atoms with Gasteiger partial charge in [0, 0.05) is 18.7 Å². The number of benzene rings is 3. The average molecular weight is 573 g/mol. The third kappa shape index (κ3) is 6.60. The summed E-state index contributed by atoms with van der Waals surface area (Å²) in [6.45, 7) is 11.5. The molecule has 0 aliphatic carbocycles. The summed E-state index contributed by atoms with van der Waals surface area (Å²) in [5.41, 5.74) is 3.33. The van der Waals surface area contributed by atoms with E-state index in [1.165, 1.54) is 0 Å². The van der Waals surface area contributed by atoms with Crippen LogP contribution in [0.15, 0.2) is 72.3 Å². The Morgan fingerprint density at radius 3 is 2.29 bits per heavy atom. The Morgan fingerprint density at radius 1 is 0.929 bits per heavy atom. The number of aliphatic hydroxyl groups excluding tert-OH is 1. The molecule has 8 heteroatoms. The molecule has 1 saturated heterocycles. The average Bonchev–Trinajstić information content (AvgIpc) is 3.26. The molecule has 1 N–H and O–H groups in total. The molecule has 1 unspecified atom stereocenters. The molecule has 1 aliphatic rings. The topological polar surface area (TPSA) is 88.5 Å². The van der Waals surface area contributed by atoms with E-state index >= 15 is 0 Å². The van der Waals surface area contributed by atoms with Gasteiger partial charge in [0.2, 0.25) is 0 Å². The monoisotopic (exact) mass is 572 g/mol. The van der Waals surface area contributed by atoms with E-state index in [2.05, 4.69) is 18.7 Å². The summed E-state index contributed by atoms with van der Waals surface area (Å²) in [6, 6.07) is 19.5. The Kier molecular flexibility index (Phi) is 10.3. The van der Waals surface area contributed by atoms with Gasteiger partial charge in [-0.2, -0.15) is 0 Å². The van der Waals surface area contributed by atoms with Crippen molar-refractivity contribution in [1.29, 1.82) is 0 Å². The van der Waals surface area contributed by atoms with Gasteiger partial charge in [0.05, 0.1) is 25.3 Å². The lowest BCUT2D eigenvalue weighted by atomic mass is 9.95. The number of aryl methyl sites for hydroxylation is 1. The third-order valence-corrected chi connectivity index (χ3v) is 7.68. The van der Waals surface area contributed by atoms with Crippen LogP contribution in [0.1, 0.15) is 49.1 Å². The lowest BCUT2D eigenvalue weighted by Gasteiger charge is -2.28. The molecule has 222 valence electrons. The van der Waals surface area contributed by atoms with Crippen LogP contribution < -0.4 is 14.2 Å². The fourth-order valence-corrected chi connectivity index (χ4v) is 5.17. The van der Waals surface area contributed by atoms with E-state index in [-0.39, 0.29) is 11.3 Å². The molecule has 4 rings (SSSR count). The van der Waals surface area contributed by atoms with E-state index in [0.29, 0.717) is 54.7 Å². The summed E-state index contributed by atoms with van der Waals surface area (Å²) >= 11 is 0. The highest BCUT2D eigenvalue weighted by Crippen LogP contribution is 2.42. The van der Waals surface area contributed by atoms with E-state index < -0.39 is 17.7 Å². The second kappa shape index (κ2) is 14.0. The van der Waals surface area contributed by atoms with Crippen LogP contribution in [0.4, 0.5) is 0 Å². The minimum Gasteiger partial charge on any atom is -0.507 e. The second-order valence-electron chi connectivity index (χ2n) is 10.1. The van der Waals surface area contributed by atoms with Crippen molar-refractivity contribution in [2.75, 3.05) is 39.9 Å². The third-order valence-electron chi connectivity index (χ3n) is 7.68. The molecule has 0 aromatic heterocycles. The molecule has 0 bridgehead atoms. The molecular weight excluding hydrogens is 532 g/mol. The second-order valence-corrected chi connectivity index (χ2v) is 10.1. The van der Waals surface area contributed by atoms with Crippen molar-refractivity contribution in [2.24, 2.45) is 0 Å². The molecule has 1 heterocycles. The maximum Gasteiger partial charge on any atom is 0.295 e. The number of aliphatic hydroxyl groups is 1. The van der Waals surface area contributed by atoms with Gasteiger partial charge in [-0.15, -0.1) is 0 Å². The van der Waals surface area contributed by atoms with Crippen LogP contribution in [0.2, 0.25) is 0 Å². The highest BCUT2D eigenvalue weighted by molar-refractivity contribution is 6.46. The first-order valence-corrected chi connectivity index (χ1v) is 14.4. The number of carbonyl (C=O) groups is 2. The van der Waals surface area contributed by atoms with E-state index in [1.54, 1.807) is 48.4 Å². The zero-order valence-electron chi connectivity index (χ0n) is 25.1. The zero-order chi connectivity index (χ0) is 30.2. The van der Waals surface area contributed by atoms with Crippen LogP contribution >= 0.6 is 0 Å². The van der Waals surface area contributed by atoms with Crippen molar-refractivity contribution in [3.8, 4) is 17.2 Å². The summed E-state index contributed by atoms with van der Waals surface area (Å²) < 4.78 is 17.2. The molecule has 8 nitrogen and oxygen atoms in total. The van der Waals surface area contributed by atoms with Crippen LogP contribution in [0.5, 0.6) is 17.2 Å². The number of carbonyl (C=O) groups excluding carboxylic acids is 2. The minimum atomic E-state index is -0.790. The zero-order valence-corrected chi connectivity index (χ0v) is 25.1. The van der Waals surface area contributed by atoms with Gasteiger partial charge in [-0.3, -0.25) is 9.59 Å². The van der Waals surface area contributed by atoms with Crippen molar-refractivity contribution >= 4 is 17.4 Å². The van der Waals surface area contributed by atoms with Crippen LogP contribution in [0, 0.1) is 6.92 Å². The number of hydrogen-bond donors (Lipinski definition) is 1. The first-order chi connectivity index (χ1) is 20.3. The molecule has 3 aromatic rings. The standard InChI is InChI=1S/C34H40N2O6/c1-6-35(7-2)19-20-36-31(25-15-18-28(41-8-3)29(21-25)40-5)30(33(38)34(36)39)32(37)24-13-16-27(17-14-24)42-22-26-12-10-9-11-23(26)4/h9-18,21,31,37H,6-8,19-20,22H2,1-5H3/b32-30+. The quantitative estimate of drug-likeness (QED) is 0.159. The van der Waals surface area contributed by atoms with Gasteiger partial charge in [0.1, 0.15) is 18.1 Å². The minimum absolute atomic E-state index is 0.0411. The van der Waals surface area contributed by atoms with Crippen molar-refractivity contribution in [3.63, 3.8) is 0 Å². The fraction of sp³-hybridized carbons (Fsp3) is 0.353. The highest BCUT2D eigenvalue weighted by atomic mass is 16.5. The molecule has 0 radical (unpaired) electrons. The van der Waals surface area contributed by atoms with Crippen molar-refractivity contribution in [1.82, 2.24) is 9.80 Å². The lowest BCUT2D eigenvalue weighted by Crippen LogP contribution is -2.38. The summed E-state index contributed by atoms with van der Waals surface area (Å²) in [4.78, 5) is 30.6. The van der Waals surface area contributed by atoms with E-state index in [4.69, 9.17) is 14.2 Å². The van der Waals surface area contributed by atoms with Crippen molar-refractivity contribution < 1.29 is 28.9 Å². The molecule has 0 spiro atoms. The van der Waals surface area contributed by atoms with Gasteiger partial charge in [-0.1, -0.05) is 44.2 Å². The van der Waals surface area contributed by atoms with Gasteiger partial charge in [0.15, 0.2) is 11.5 Å². The first-order valence-electron chi connectivity index (χ1n) is 14.4. The van der Waals surface area contributed by atoms with Crippen LogP contribution in [0.25, 0.3) is 5.76 Å². The van der Waals surface area contributed by atoms with Crippen LogP contribution in [-0.4, -0.2) is 66.5 Å². The maximum atomic E-state index is 13.5. The van der Waals surface area contributed by atoms with Gasteiger partial charge >= 0.3 is 0 Å². The summed E-state index contributed by atoms with van der Waals surface area (Å²) in [7, 11) is 1.54. The Labute approximate surface area is 248 Å². The SMILES string of the molecule is CCOc1ccc(C2/C(=C(\O)c3ccc(OCc4ccccc4C)cc3)C(=O)C(=O)N2CCN(CC)CC)cc1OC. The smallest absolute Gasteiger partial charge is 0.295 e. The number of rotatable bonds is 13. The van der Waals surface area contributed by atoms with Gasteiger partial charge in [0.25, 0.3) is 11.7 Å². The molecule has 42 heavy (non-hydrogen) atoms. The number of ketones is 1. The number of hydrogen-bond acceptors (Lipinski definition) is 7. The summed E-state index contributed by atoms with van der Waals surface area (Å²) in [5, 5.41) is 11.5. The number of amides is 1. The molecule has 1 amide bonds. The normalized spacial score (nSPS) is 16.2.